The molecule has 9 heteroatoms. The van der Waals surface area contributed by atoms with Gasteiger partial charge in [0.2, 0.25) is 6.29 Å². The van der Waals surface area contributed by atoms with Crippen LogP contribution in [0.5, 0.6) is 0 Å². The van der Waals surface area contributed by atoms with E-state index in [9.17, 15) is 20.4 Å². The van der Waals surface area contributed by atoms with Gasteiger partial charge in [-0.25, -0.2) is 9.90 Å². The Labute approximate surface area is 161 Å². The van der Waals surface area contributed by atoms with Crippen LogP contribution in [0, 0.1) is 0 Å². The van der Waals surface area contributed by atoms with Gasteiger partial charge < -0.3 is 36.6 Å². The lowest BCUT2D eigenvalue weighted by Crippen LogP contribution is -2.60. The molecule has 0 saturated carbocycles. The molecule has 4 rings (SSSR count). The van der Waals surface area contributed by atoms with Crippen molar-refractivity contribution in [3.63, 3.8) is 0 Å². The van der Waals surface area contributed by atoms with Gasteiger partial charge in [-0.05, 0) is 36.3 Å². The molecular weight excluding hydrogens is 366 g/mol. The quantitative estimate of drug-likeness (QED) is 0.369. The van der Waals surface area contributed by atoms with Gasteiger partial charge in [-0.2, -0.15) is 0 Å². The van der Waals surface area contributed by atoms with Gasteiger partial charge >= 0.3 is 0 Å². The summed E-state index contributed by atoms with van der Waals surface area (Å²) in [6.07, 6.45) is -0.754. The first-order valence-corrected chi connectivity index (χ1v) is 8.94. The average Bonchev–Trinajstić information content (AvgIpc) is 2.68. The molecule has 1 aromatic carbocycles. The Morgan fingerprint density at radius 1 is 1.11 bits per heavy atom. The fourth-order valence-corrected chi connectivity index (χ4v) is 3.51. The van der Waals surface area contributed by atoms with Crippen molar-refractivity contribution in [2.45, 2.75) is 37.1 Å². The molecule has 1 saturated heterocycles. The summed E-state index contributed by atoms with van der Waals surface area (Å²) in [4.78, 5) is 5.93. The lowest BCUT2D eigenvalue weighted by molar-refractivity contribution is -0.302. The first-order valence-electron chi connectivity index (χ1n) is 8.94. The summed E-state index contributed by atoms with van der Waals surface area (Å²) in [7, 11) is 0. The van der Waals surface area contributed by atoms with E-state index in [1.807, 2.05) is 18.2 Å². The first kappa shape index (κ1) is 18.9. The van der Waals surface area contributed by atoms with E-state index < -0.39 is 37.3 Å². The third-order valence-corrected chi connectivity index (χ3v) is 5.07. The number of allylic oxidation sites excluding steroid dienone is 3. The molecule has 2 aliphatic heterocycles. The Kier molecular flexibility index (Phi) is 4.88. The van der Waals surface area contributed by atoms with Crippen LogP contribution in [-0.2, 0) is 9.57 Å². The average molecular weight is 389 g/mol. The highest BCUT2D eigenvalue weighted by atomic mass is 16.8. The minimum Gasteiger partial charge on any atom is -0.399 e. The molecule has 0 bridgehead atoms. The molecule has 0 amide bonds. The van der Waals surface area contributed by atoms with E-state index in [4.69, 9.17) is 21.0 Å². The molecule has 0 spiro atoms. The van der Waals surface area contributed by atoms with Crippen LogP contribution in [0.1, 0.15) is 12.0 Å². The van der Waals surface area contributed by atoms with E-state index >= 15 is 0 Å². The Morgan fingerprint density at radius 2 is 1.89 bits per heavy atom. The standard InChI is InChI=1S/C19H23N3O6/c20-11-3-1-9-5-10-2-4-12(21)7-14(10)22(13(9)6-11)28-19-18(26)17(25)16(24)15(8-23)27-19/h1,3-7,15-19,23-26H,2,8,20-21H2/t15-,16-,17+,18-,19?/m1/s1. The summed E-state index contributed by atoms with van der Waals surface area (Å²) < 4.78 is 5.49. The van der Waals surface area contributed by atoms with E-state index in [1.165, 1.54) is 5.06 Å². The molecule has 1 fully saturated rings. The van der Waals surface area contributed by atoms with Gasteiger partial charge in [0.25, 0.3) is 0 Å². The van der Waals surface area contributed by atoms with Gasteiger partial charge in [0, 0.05) is 16.9 Å². The lowest BCUT2D eigenvalue weighted by atomic mass is 9.94. The number of rotatable bonds is 3. The van der Waals surface area contributed by atoms with E-state index in [0.717, 1.165) is 11.1 Å². The topological polar surface area (TPSA) is 155 Å². The maximum Gasteiger partial charge on any atom is 0.213 e. The van der Waals surface area contributed by atoms with Crippen molar-refractivity contribution in [2.24, 2.45) is 5.73 Å². The van der Waals surface area contributed by atoms with E-state index in [1.54, 1.807) is 18.2 Å². The van der Waals surface area contributed by atoms with Crippen LogP contribution >= 0.6 is 0 Å². The summed E-state index contributed by atoms with van der Waals surface area (Å²) in [5.41, 5.74) is 16.0. The number of benzene rings is 1. The maximum absolute atomic E-state index is 10.3. The third kappa shape index (κ3) is 3.18. The number of nitrogen functional groups attached to an aromatic ring is 1. The fraction of sp³-hybridized carbons (Fsp3) is 0.368. The molecule has 28 heavy (non-hydrogen) atoms. The van der Waals surface area contributed by atoms with E-state index in [2.05, 4.69) is 0 Å². The van der Waals surface area contributed by atoms with Gasteiger partial charge in [0.1, 0.15) is 24.4 Å². The minimum atomic E-state index is -1.54. The molecular formula is C19H23N3O6. The molecule has 8 N–H and O–H groups in total. The normalized spacial score (nSPS) is 32.1. The first-order chi connectivity index (χ1) is 13.4. The molecule has 2 heterocycles. The van der Waals surface area contributed by atoms with Crippen LogP contribution in [0.3, 0.4) is 0 Å². The number of nitrogens with two attached hydrogens (primary N) is 2. The lowest BCUT2D eigenvalue weighted by Gasteiger charge is -2.43. The van der Waals surface area contributed by atoms with Crippen molar-refractivity contribution in [1.29, 1.82) is 0 Å². The van der Waals surface area contributed by atoms with Crippen LogP contribution in [0.2, 0.25) is 0 Å². The number of hydrogen-bond donors (Lipinski definition) is 6. The maximum atomic E-state index is 10.3. The fourth-order valence-electron chi connectivity index (χ4n) is 3.51. The van der Waals surface area contributed by atoms with E-state index in [-0.39, 0.29) is 0 Å². The Hall–Kier alpha value is -2.40. The molecule has 0 aromatic heterocycles. The van der Waals surface area contributed by atoms with E-state index in [0.29, 0.717) is 29.2 Å². The van der Waals surface area contributed by atoms with Gasteiger partial charge in [-0.15, -0.1) is 0 Å². The number of ether oxygens (including phenoxy) is 1. The number of aliphatic hydroxyl groups is 4. The van der Waals surface area contributed by atoms with Crippen LogP contribution in [0.25, 0.3) is 6.08 Å². The molecule has 1 aromatic rings. The van der Waals surface area contributed by atoms with Crippen molar-refractivity contribution < 1.29 is 30.0 Å². The molecule has 5 atom stereocenters. The van der Waals surface area contributed by atoms with Crippen molar-refractivity contribution in [1.82, 2.24) is 0 Å². The van der Waals surface area contributed by atoms with Gasteiger partial charge in [-0.3, -0.25) is 0 Å². The largest absolute Gasteiger partial charge is 0.399 e. The summed E-state index contributed by atoms with van der Waals surface area (Å²) >= 11 is 0. The molecule has 3 aliphatic rings. The van der Waals surface area contributed by atoms with Gasteiger partial charge in [0.15, 0.2) is 0 Å². The molecule has 9 nitrogen and oxygen atoms in total. The van der Waals surface area contributed by atoms with Crippen molar-refractivity contribution >= 4 is 17.5 Å². The second kappa shape index (κ2) is 7.21. The molecule has 150 valence electrons. The number of hydroxylamine groups is 1. The molecule has 0 radical (unpaired) electrons. The number of nitrogens with zero attached hydrogens (tertiary/aromatic N) is 1. The zero-order chi connectivity index (χ0) is 20.0. The van der Waals surface area contributed by atoms with Gasteiger partial charge in [0.05, 0.1) is 18.0 Å². The SMILES string of the molecule is NC1=CCC2=Cc3ccc(N)cc3N(OC3O[C@H](CO)[C@@H](O)[C@H](O)[C@H]3O)C2=C1. The smallest absolute Gasteiger partial charge is 0.213 e. The van der Waals surface area contributed by atoms with Crippen LogP contribution in [0.15, 0.2) is 47.3 Å². The summed E-state index contributed by atoms with van der Waals surface area (Å²) in [5.74, 6) is 0. The zero-order valence-corrected chi connectivity index (χ0v) is 15.0. The Morgan fingerprint density at radius 3 is 2.64 bits per heavy atom. The monoisotopic (exact) mass is 389 g/mol. The van der Waals surface area contributed by atoms with Crippen LogP contribution < -0.4 is 16.5 Å². The highest BCUT2D eigenvalue weighted by Crippen LogP contribution is 2.40. The molecule has 1 aliphatic carbocycles. The number of aliphatic hydroxyl groups excluding tert-OH is 4. The zero-order valence-electron chi connectivity index (χ0n) is 15.0. The summed E-state index contributed by atoms with van der Waals surface area (Å²) in [5, 5.41) is 41.2. The second-order valence-electron chi connectivity index (χ2n) is 7.02. The van der Waals surface area contributed by atoms with Crippen molar-refractivity contribution in [2.75, 3.05) is 17.4 Å². The molecule has 1 unspecified atom stereocenters. The van der Waals surface area contributed by atoms with Crippen molar-refractivity contribution in [3.8, 4) is 0 Å². The highest BCUT2D eigenvalue weighted by Gasteiger charge is 2.45. The summed E-state index contributed by atoms with van der Waals surface area (Å²) in [6, 6.07) is 5.32. The Bertz CT molecular complexity index is 865. The highest BCUT2D eigenvalue weighted by molar-refractivity contribution is 5.81. The number of anilines is 2. The van der Waals surface area contributed by atoms with Crippen LogP contribution in [0.4, 0.5) is 11.4 Å². The van der Waals surface area contributed by atoms with Gasteiger partial charge in [-0.1, -0.05) is 12.1 Å². The number of hydrogen-bond acceptors (Lipinski definition) is 9. The van der Waals surface area contributed by atoms with Crippen molar-refractivity contribution in [3.05, 3.63) is 52.9 Å². The third-order valence-electron chi connectivity index (χ3n) is 5.07. The number of fused-ring (bicyclic) bond motifs is 2. The predicted octanol–water partition coefficient (Wildman–Crippen LogP) is -0.666. The predicted molar refractivity (Wildman–Crippen MR) is 101 cm³/mol. The Balaban J connectivity index is 1.71. The second-order valence-corrected chi connectivity index (χ2v) is 7.02. The minimum absolute atomic E-state index is 0.512. The van der Waals surface area contributed by atoms with Crippen LogP contribution in [-0.4, -0.2) is 57.7 Å². The summed E-state index contributed by atoms with van der Waals surface area (Å²) in [6.45, 7) is -0.544.